The van der Waals surface area contributed by atoms with Gasteiger partial charge in [0, 0.05) is 13.2 Å². The van der Waals surface area contributed by atoms with E-state index >= 15 is 0 Å². The summed E-state index contributed by atoms with van der Waals surface area (Å²) in [6, 6.07) is 15.0. The molecular formula is C20H22N2O4S. The molecule has 3 aromatic rings. The SMILES string of the molecule is CCOCCn1c(=NC(=O)COc2ccccc2)sc2cccc(OC)c21. The highest BCUT2D eigenvalue weighted by Crippen LogP contribution is 2.27. The van der Waals surface area contributed by atoms with E-state index in [1.165, 1.54) is 11.3 Å². The van der Waals surface area contributed by atoms with Crippen LogP contribution < -0.4 is 14.3 Å². The van der Waals surface area contributed by atoms with E-state index in [2.05, 4.69) is 4.99 Å². The summed E-state index contributed by atoms with van der Waals surface area (Å²) >= 11 is 1.45. The summed E-state index contributed by atoms with van der Waals surface area (Å²) in [7, 11) is 1.63. The number of benzene rings is 2. The third-order valence-electron chi connectivity index (χ3n) is 3.87. The molecule has 0 saturated carbocycles. The molecule has 6 nitrogen and oxygen atoms in total. The van der Waals surface area contributed by atoms with Gasteiger partial charge in [-0.15, -0.1) is 0 Å². The van der Waals surface area contributed by atoms with Crippen LogP contribution in [0.4, 0.5) is 0 Å². The van der Waals surface area contributed by atoms with Crippen LogP contribution in [-0.4, -0.2) is 37.4 Å². The monoisotopic (exact) mass is 386 g/mol. The third-order valence-corrected chi connectivity index (χ3v) is 4.92. The number of hydrogen-bond donors (Lipinski definition) is 0. The Labute approximate surface area is 161 Å². The molecule has 142 valence electrons. The molecule has 0 spiro atoms. The fourth-order valence-corrected chi connectivity index (χ4v) is 3.75. The zero-order valence-corrected chi connectivity index (χ0v) is 16.2. The van der Waals surface area contributed by atoms with Crippen LogP contribution in [0.5, 0.6) is 11.5 Å². The zero-order valence-electron chi connectivity index (χ0n) is 15.4. The number of hydrogen-bond acceptors (Lipinski definition) is 5. The second-order valence-corrected chi connectivity index (χ2v) is 6.66. The summed E-state index contributed by atoms with van der Waals surface area (Å²) in [5, 5.41) is 0. The van der Waals surface area contributed by atoms with Crippen LogP contribution in [0.1, 0.15) is 6.92 Å². The van der Waals surface area contributed by atoms with Crippen molar-refractivity contribution in [1.29, 1.82) is 0 Å². The third kappa shape index (κ3) is 4.75. The van der Waals surface area contributed by atoms with Gasteiger partial charge in [0.2, 0.25) is 0 Å². The average molecular weight is 386 g/mol. The molecule has 0 aliphatic carbocycles. The van der Waals surface area contributed by atoms with Gasteiger partial charge in [-0.25, -0.2) is 0 Å². The molecule has 0 radical (unpaired) electrons. The fraction of sp³-hybridized carbons (Fsp3) is 0.300. The van der Waals surface area contributed by atoms with Crippen LogP contribution in [0.25, 0.3) is 10.2 Å². The Morgan fingerprint density at radius 1 is 1.15 bits per heavy atom. The van der Waals surface area contributed by atoms with Crippen LogP contribution in [0.15, 0.2) is 53.5 Å². The number of para-hydroxylation sites is 2. The highest BCUT2D eigenvalue weighted by Gasteiger charge is 2.12. The Kier molecular flexibility index (Phi) is 6.62. The Balaban J connectivity index is 1.90. The second-order valence-electron chi connectivity index (χ2n) is 5.65. The maximum atomic E-state index is 12.3. The van der Waals surface area contributed by atoms with Gasteiger partial charge in [0.05, 0.1) is 18.4 Å². The Hall–Kier alpha value is -2.64. The largest absolute Gasteiger partial charge is 0.495 e. The molecule has 0 bridgehead atoms. The Morgan fingerprint density at radius 3 is 2.70 bits per heavy atom. The van der Waals surface area contributed by atoms with Gasteiger partial charge >= 0.3 is 0 Å². The number of aromatic nitrogens is 1. The van der Waals surface area contributed by atoms with Crippen LogP contribution in [0.3, 0.4) is 0 Å². The maximum absolute atomic E-state index is 12.3. The summed E-state index contributed by atoms with van der Waals surface area (Å²) in [4.78, 5) is 17.2. The molecule has 0 saturated heterocycles. The van der Waals surface area contributed by atoms with Gasteiger partial charge < -0.3 is 18.8 Å². The molecule has 27 heavy (non-hydrogen) atoms. The lowest BCUT2D eigenvalue weighted by atomic mass is 10.3. The lowest BCUT2D eigenvalue weighted by molar-refractivity contribution is -0.120. The van der Waals surface area contributed by atoms with E-state index in [1.54, 1.807) is 19.2 Å². The lowest BCUT2D eigenvalue weighted by Crippen LogP contribution is -2.21. The number of nitrogens with zero attached hydrogens (tertiary/aromatic N) is 2. The van der Waals surface area contributed by atoms with E-state index in [9.17, 15) is 4.79 Å². The van der Waals surface area contributed by atoms with Gasteiger partial charge in [-0.05, 0) is 31.2 Å². The molecule has 1 heterocycles. The fourth-order valence-electron chi connectivity index (χ4n) is 2.66. The van der Waals surface area contributed by atoms with Crippen molar-refractivity contribution in [3.63, 3.8) is 0 Å². The molecule has 2 aromatic carbocycles. The quantitative estimate of drug-likeness (QED) is 0.558. The first kappa shape index (κ1) is 19.1. The topological polar surface area (TPSA) is 62.1 Å². The number of carbonyl (C=O) groups excluding carboxylic acids is 1. The van der Waals surface area contributed by atoms with Gasteiger partial charge in [-0.3, -0.25) is 4.79 Å². The minimum absolute atomic E-state index is 0.110. The van der Waals surface area contributed by atoms with Crippen LogP contribution >= 0.6 is 11.3 Å². The predicted octanol–water partition coefficient (Wildman–Crippen LogP) is 3.25. The number of rotatable bonds is 8. The van der Waals surface area contributed by atoms with Gasteiger partial charge in [0.25, 0.3) is 5.91 Å². The van der Waals surface area contributed by atoms with Gasteiger partial charge in [0.15, 0.2) is 11.4 Å². The van der Waals surface area contributed by atoms with Gasteiger partial charge in [-0.1, -0.05) is 35.6 Å². The first-order chi connectivity index (χ1) is 13.2. The first-order valence-electron chi connectivity index (χ1n) is 8.72. The number of amides is 1. The molecular weight excluding hydrogens is 364 g/mol. The molecule has 1 amide bonds. The number of ether oxygens (including phenoxy) is 3. The molecule has 0 unspecified atom stereocenters. The highest BCUT2D eigenvalue weighted by molar-refractivity contribution is 7.16. The van der Waals surface area contributed by atoms with Crippen molar-refractivity contribution in [3.8, 4) is 11.5 Å². The molecule has 0 fully saturated rings. The van der Waals surface area contributed by atoms with E-state index in [0.29, 0.717) is 30.3 Å². The lowest BCUT2D eigenvalue weighted by Gasteiger charge is -2.08. The van der Waals surface area contributed by atoms with E-state index in [-0.39, 0.29) is 12.5 Å². The first-order valence-corrected chi connectivity index (χ1v) is 9.54. The van der Waals surface area contributed by atoms with Crippen molar-refractivity contribution >= 4 is 27.5 Å². The van der Waals surface area contributed by atoms with E-state index in [0.717, 1.165) is 16.0 Å². The van der Waals surface area contributed by atoms with Crippen molar-refractivity contribution in [2.24, 2.45) is 4.99 Å². The van der Waals surface area contributed by atoms with Crippen molar-refractivity contribution in [3.05, 3.63) is 53.3 Å². The Bertz CT molecular complexity index is 963. The number of thiazole rings is 1. The minimum Gasteiger partial charge on any atom is -0.495 e. The summed E-state index contributed by atoms with van der Waals surface area (Å²) in [5.74, 6) is 1.05. The van der Waals surface area contributed by atoms with Gasteiger partial charge in [-0.2, -0.15) is 4.99 Å². The normalized spacial score (nSPS) is 11.7. The number of fused-ring (bicyclic) bond motifs is 1. The van der Waals surface area contributed by atoms with E-state index in [1.807, 2.05) is 47.9 Å². The van der Waals surface area contributed by atoms with Crippen LogP contribution in [0.2, 0.25) is 0 Å². The standard InChI is InChI=1S/C20H22N2O4S/c1-3-25-13-12-22-19-16(24-2)10-7-11-17(19)27-20(22)21-18(23)14-26-15-8-5-4-6-9-15/h4-11H,3,12-14H2,1-2H3. The number of carbonyl (C=O) groups is 1. The van der Waals surface area contributed by atoms with E-state index < -0.39 is 0 Å². The summed E-state index contributed by atoms with van der Waals surface area (Å²) in [6.07, 6.45) is 0. The molecule has 0 N–H and O–H groups in total. The smallest absolute Gasteiger partial charge is 0.286 e. The van der Waals surface area contributed by atoms with Crippen LogP contribution in [0, 0.1) is 0 Å². The molecule has 0 aliphatic rings. The van der Waals surface area contributed by atoms with E-state index in [4.69, 9.17) is 14.2 Å². The molecule has 0 aliphatic heterocycles. The Morgan fingerprint density at radius 2 is 1.96 bits per heavy atom. The van der Waals surface area contributed by atoms with Gasteiger partial charge in [0.1, 0.15) is 17.0 Å². The van der Waals surface area contributed by atoms with Crippen molar-refractivity contribution in [2.75, 3.05) is 26.9 Å². The van der Waals surface area contributed by atoms with Crippen LogP contribution in [-0.2, 0) is 16.1 Å². The highest BCUT2D eigenvalue weighted by atomic mass is 32.1. The minimum atomic E-state index is -0.338. The summed E-state index contributed by atoms with van der Waals surface area (Å²) in [6.45, 7) is 3.59. The maximum Gasteiger partial charge on any atom is 0.286 e. The number of methoxy groups -OCH3 is 1. The second kappa shape index (κ2) is 9.34. The molecule has 7 heteroatoms. The zero-order chi connectivity index (χ0) is 19.1. The summed E-state index contributed by atoms with van der Waals surface area (Å²) in [5.41, 5.74) is 0.917. The molecule has 1 aromatic heterocycles. The average Bonchev–Trinajstić information content (AvgIpc) is 3.04. The molecule has 3 rings (SSSR count). The predicted molar refractivity (Wildman–Crippen MR) is 105 cm³/mol. The van der Waals surface area contributed by atoms with Crippen molar-refractivity contribution < 1.29 is 19.0 Å². The summed E-state index contributed by atoms with van der Waals surface area (Å²) < 4.78 is 19.4. The van der Waals surface area contributed by atoms with Crippen molar-refractivity contribution in [2.45, 2.75) is 13.5 Å². The van der Waals surface area contributed by atoms with Crippen molar-refractivity contribution in [1.82, 2.24) is 4.57 Å². The molecule has 0 atom stereocenters.